The predicted molar refractivity (Wildman–Crippen MR) is 89.4 cm³/mol. The van der Waals surface area contributed by atoms with E-state index < -0.39 is 18.4 Å². The van der Waals surface area contributed by atoms with Crippen molar-refractivity contribution in [3.63, 3.8) is 0 Å². The van der Waals surface area contributed by atoms with Crippen LogP contribution in [0, 0.1) is 0 Å². The third-order valence-corrected chi connectivity index (χ3v) is 3.02. The molecule has 122 valence electrons. The second kappa shape index (κ2) is 7.61. The molecule has 2 rings (SSSR count). The number of aliphatic imine (C=N–C) groups is 1. The standard InChI is InChI=1S/C13H12ClN5O3.ClH/c14-9-4-17-11(19-13(15)16)8-3-6(1-2-7(8)9)12(22)18-5-10(20)21;/h1-4H,5H2,(H,18,22)(H,20,21)(H4,15,16,17,19);1H. The normalized spacial score (nSPS) is 9.78. The molecule has 0 saturated carbocycles. The number of hydrogen-bond acceptors (Lipinski definition) is 4. The van der Waals surface area contributed by atoms with Crippen LogP contribution >= 0.6 is 24.0 Å². The maximum Gasteiger partial charge on any atom is 0.322 e. The predicted octanol–water partition coefficient (Wildman–Crippen LogP) is 1.03. The van der Waals surface area contributed by atoms with Crippen LogP contribution in [0.2, 0.25) is 5.02 Å². The van der Waals surface area contributed by atoms with E-state index in [1.807, 2.05) is 0 Å². The van der Waals surface area contributed by atoms with Crippen molar-refractivity contribution in [3.05, 3.63) is 35.0 Å². The topological polar surface area (TPSA) is 144 Å². The van der Waals surface area contributed by atoms with Gasteiger partial charge in [0.1, 0.15) is 6.54 Å². The molecule has 1 amide bonds. The van der Waals surface area contributed by atoms with Crippen molar-refractivity contribution in [2.75, 3.05) is 6.54 Å². The number of benzene rings is 1. The number of halogens is 2. The number of nitrogens with zero attached hydrogens (tertiary/aromatic N) is 2. The van der Waals surface area contributed by atoms with Crippen LogP contribution in [0.15, 0.2) is 29.4 Å². The fourth-order valence-corrected chi connectivity index (χ4v) is 2.02. The molecule has 0 atom stereocenters. The summed E-state index contributed by atoms with van der Waals surface area (Å²) in [6.07, 6.45) is 1.40. The van der Waals surface area contributed by atoms with Crippen LogP contribution in [0.25, 0.3) is 10.8 Å². The molecular weight excluding hydrogens is 345 g/mol. The largest absolute Gasteiger partial charge is 0.480 e. The van der Waals surface area contributed by atoms with E-state index in [0.717, 1.165) is 0 Å². The molecule has 6 N–H and O–H groups in total. The van der Waals surface area contributed by atoms with E-state index in [2.05, 4.69) is 15.3 Å². The molecule has 23 heavy (non-hydrogen) atoms. The summed E-state index contributed by atoms with van der Waals surface area (Å²) in [5.74, 6) is -1.65. The van der Waals surface area contributed by atoms with Crippen molar-refractivity contribution in [2.45, 2.75) is 0 Å². The number of carbonyl (C=O) groups excluding carboxylic acids is 1. The van der Waals surface area contributed by atoms with E-state index in [9.17, 15) is 9.59 Å². The van der Waals surface area contributed by atoms with Crippen LogP contribution in [-0.2, 0) is 4.79 Å². The van der Waals surface area contributed by atoms with Gasteiger partial charge in [-0.05, 0) is 12.1 Å². The lowest BCUT2D eigenvalue weighted by molar-refractivity contribution is -0.135. The Morgan fingerprint density at radius 3 is 2.61 bits per heavy atom. The average Bonchev–Trinajstić information content (AvgIpc) is 2.47. The van der Waals surface area contributed by atoms with Crippen LogP contribution in [-0.4, -0.2) is 34.5 Å². The molecule has 1 heterocycles. The lowest BCUT2D eigenvalue weighted by Crippen LogP contribution is -2.29. The molecule has 1 aromatic carbocycles. The monoisotopic (exact) mass is 357 g/mol. The van der Waals surface area contributed by atoms with E-state index in [1.165, 1.54) is 18.3 Å². The number of aliphatic carboxylic acids is 1. The summed E-state index contributed by atoms with van der Waals surface area (Å²) in [5, 5.41) is 12.3. The van der Waals surface area contributed by atoms with Crippen molar-refractivity contribution in [1.29, 1.82) is 0 Å². The van der Waals surface area contributed by atoms with Crippen molar-refractivity contribution in [2.24, 2.45) is 16.5 Å². The van der Waals surface area contributed by atoms with Crippen molar-refractivity contribution in [1.82, 2.24) is 10.3 Å². The zero-order chi connectivity index (χ0) is 16.3. The van der Waals surface area contributed by atoms with Gasteiger partial charge in [-0.15, -0.1) is 12.4 Å². The minimum Gasteiger partial charge on any atom is -0.480 e. The Labute approximate surface area is 141 Å². The summed E-state index contributed by atoms with van der Waals surface area (Å²) in [6.45, 7) is -0.481. The number of pyridine rings is 1. The number of carboxylic acids is 1. The number of hydrogen-bond donors (Lipinski definition) is 4. The number of amides is 1. The van der Waals surface area contributed by atoms with Gasteiger partial charge in [-0.1, -0.05) is 17.7 Å². The lowest BCUT2D eigenvalue weighted by atomic mass is 10.1. The van der Waals surface area contributed by atoms with Gasteiger partial charge in [0, 0.05) is 22.5 Å². The molecule has 0 saturated heterocycles. The quantitative estimate of drug-likeness (QED) is 0.475. The van der Waals surface area contributed by atoms with Gasteiger partial charge in [0.05, 0.1) is 5.02 Å². The second-order valence-electron chi connectivity index (χ2n) is 4.30. The molecule has 0 spiro atoms. The number of fused-ring (bicyclic) bond motifs is 1. The average molecular weight is 358 g/mol. The van der Waals surface area contributed by atoms with E-state index in [4.69, 9.17) is 28.2 Å². The molecule has 8 nitrogen and oxygen atoms in total. The van der Waals surface area contributed by atoms with Gasteiger partial charge in [0.25, 0.3) is 5.91 Å². The first kappa shape index (κ1) is 18.5. The second-order valence-corrected chi connectivity index (χ2v) is 4.71. The SMILES string of the molecule is Cl.NC(N)=Nc1ncc(Cl)c2ccc(C(=O)NCC(=O)O)cc12. The summed E-state index contributed by atoms with van der Waals surface area (Å²) in [7, 11) is 0. The van der Waals surface area contributed by atoms with Crippen LogP contribution in [0.4, 0.5) is 5.82 Å². The highest BCUT2D eigenvalue weighted by Gasteiger charge is 2.12. The maximum atomic E-state index is 11.9. The molecule has 0 aliphatic heterocycles. The summed E-state index contributed by atoms with van der Waals surface area (Å²) < 4.78 is 0. The molecule has 10 heteroatoms. The Morgan fingerprint density at radius 2 is 2.00 bits per heavy atom. The Hall–Kier alpha value is -2.58. The van der Waals surface area contributed by atoms with E-state index in [0.29, 0.717) is 15.8 Å². The smallest absolute Gasteiger partial charge is 0.322 e. The zero-order valence-corrected chi connectivity index (χ0v) is 13.2. The lowest BCUT2D eigenvalue weighted by Gasteiger charge is -2.07. The molecule has 0 unspecified atom stereocenters. The summed E-state index contributed by atoms with van der Waals surface area (Å²) in [4.78, 5) is 30.3. The number of carboxylic acid groups (broad SMARTS) is 1. The number of guanidine groups is 1. The van der Waals surface area contributed by atoms with Gasteiger partial charge < -0.3 is 21.9 Å². The minimum absolute atomic E-state index is 0. The first-order valence-electron chi connectivity index (χ1n) is 6.06. The first-order chi connectivity index (χ1) is 10.4. The number of carbonyl (C=O) groups is 2. The molecule has 0 bridgehead atoms. The van der Waals surface area contributed by atoms with Gasteiger partial charge in [-0.2, -0.15) is 4.99 Å². The van der Waals surface area contributed by atoms with Gasteiger partial charge in [-0.25, -0.2) is 4.98 Å². The number of aromatic nitrogens is 1. The fraction of sp³-hybridized carbons (Fsp3) is 0.0769. The minimum atomic E-state index is -1.14. The van der Waals surface area contributed by atoms with Crippen molar-refractivity contribution < 1.29 is 14.7 Å². The summed E-state index contributed by atoms with van der Waals surface area (Å²) >= 11 is 6.05. The highest BCUT2D eigenvalue weighted by molar-refractivity contribution is 6.35. The van der Waals surface area contributed by atoms with E-state index >= 15 is 0 Å². The van der Waals surface area contributed by atoms with Crippen LogP contribution in [0.5, 0.6) is 0 Å². The van der Waals surface area contributed by atoms with Gasteiger partial charge in [-0.3, -0.25) is 9.59 Å². The van der Waals surface area contributed by atoms with Crippen molar-refractivity contribution in [3.8, 4) is 0 Å². The molecular formula is C13H13Cl2N5O3. The first-order valence-corrected chi connectivity index (χ1v) is 6.44. The third kappa shape index (κ3) is 4.44. The highest BCUT2D eigenvalue weighted by Crippen LogP contribution is 2.30. The van der Waals surface area contributed by atoms with Crippen LogP contribution in [0.1, 0.15) is 10.4 Å². The Morgan fingerprint density at radius 1 is 1.30 bits per heavy atom. The molecule has 2 aromatic rings. The Balaban J connectivity index is 0.00000264. The van der Waals surface area contributed by atoms with E-state index in [-0.39, 0.29) is 29.7 Å². The maximum absolute atomic E-state index is 11.9. The van der Waals surface area contributed by atoms with Crippen molar-refractivity contribution >= 4 is 58.4 Å². The highest BCUT2D eigenvalue weighted by atomic mass is 35.5. The van der Waals surface area contributed by atoms with Crippen LogP contribution in [0.3, 0.4) is 0 Å². The molecule has 0 fully saturated rings. The summed E-state index contributed by atoms with van der Waals surface area (Å²) in [5.41, 5.74) is 10.9. The number of nitrogens with two attached hydrogens (primary N) is 2. The number of nitrogens with one attached hydrogen (secondary N) is 1. The van der Waals surface area contributed by atoms with Gasteiger partial charge >= 0.3 is 5.97 Å². The zero-order valence-electron chi connectivity index (χ0n) is 11.6. The number of rotatable bonds is 4. The molecule has 0 aliphatic rings. The van der Waals surface area contributed by atoms with E-state index in [1.54, 1.807) is 6.07 Å². The Bertz CT molecular complexity index is 791. The summed E-state index contributed by atoms with van der Waals surface area (Å²) in [6, 6.07) is 4.62. The fourth-order valence-electron chi connectivity index (χ4n) is 1.80. The third-order valence-electron chi connectivity index (χ3n) is 2.72. The molecule has 1 aromatic heterocycles. The molecule has 0 aliphatic carbocycles. The van der Waals surface area contributed by atoms with Crippen LogP contribution < -0.4 is 16.8 Å². The molecule has 0 radical (unpaired) electrons. The van der Waals surface area contributed by atoms with Gasteiger partial charge in [0.15, 0.2) is 11.8 Å². The Kier molecular flexibility index (Phi) is 6.11. The van der Waals surface area contributed by atoms with Gasteiger partial charge in [0.2, 0.25) is 0 Å².